The fourth-order valence-corrected chi connectivity index (χ4v) is 1.81. The van der Waals surface area contributed by atoms with Gasteiger partial charge in [0, 0.05) is 24.5 Å². The average molecular weight is 275 g/mol. The molecule has 0 saturated heterocycles. The maximum Gasteiger partial charge on any atom is 0.344 e. The summed E-state index contributed by atoms with van der Waals surface area (Å²) in [6, 6.07) is 5.07. The first-order chi connectivity index (χ1) is 9.61. The van der Waals surface area contributed by atoms with Crippen molar-refractivity contribution in [2.75, 3.05) is 12.3 Å². The standard InChI is InChI=1S/C14H17N3O3/c1-3-19-12-6-4-5-11(15)13(12)14(18)20-9-10-7-16-17(2)8-10/h4-8H,3,9,15H2,1-2H3. The second-order valence-corrected chi connectivity index (χ2v) is 4.25. The van der Waals surface area contributed by atoms with Crippen molar-refractivity contribution < 1.29 is 14.3 Å². The Bertz CT molecular complexity index is 607. The number of benzene rings is 1. The summed E-state index contributed by atoms with van der Waals surface area (Å²) in [5, 5.41) is 4.01. The van der Waals surface area contributed by atoms with Gasteiger partial charge in [-0.25, -0.2) is 4.79 Å². The van der Waals surface area contributed by atoms with Gasteiger partial charge in [-0.1, -0.05) is 6.07 Å². The summed E-state index contributed by atoms with van der Waals surface area (Å²) in [7, 11) is 1.80. The molecule has 0 unspecified atom stereocenters. The van der Waals surface area contributed by atoms with Crippen molar-refractivity contribution in [1.82, 2.24) is 9.78 Å². The third-order valence-electron chi connectivity index (χ3n) is 2.69. The van der Waals surface area contributed by atoms with E-state index in [0.29, 0.717) is 18.0 Å². The smallest absolute Gasteiger partial charge is 0.344 e. The molecule has 0 aliphatic rings. The lowest BCUT2D eigenvalue weighted by Gasteiger charge is -2.11. The van der Waals surface area contributed by atoms with Crippen LogP contribution in [0.3, 0.4) is 0 Å². The quantitative estimate of drug-likeness (QED) is 0.664. The molecule has 2 N–H and O–H groups in total. The first kappa shape index (κ1) is 13.9. The van der Waals surface area contributed by atoms with Crippen LogP contribution in [0.25, 0.3) is 0 Å². The first-order valence-corrected chi connectivity index (χ1v) is 6.27. The predicted molar refractivity (Wildman–Crippen MR) is 74.4 cm³/mol. The van der Waals surface area contributed by atoms with E-state index in [1.807, 2.05) is 6.92 Å². The van der Waals surface area contributed by atoms with Gasteiger partial charge in [0.25, 0.3) is 0 Å². The number of nitrogens with zero attached hydrogens (tertiary/aromatic N) is 2. The molecule has 106 valence electrons. The number of ether oxygens (including phenoxy) is 2. The number of nitrogen functional groups attached to an aromatic ring is 1. The van der Waals surface area contributed by atoms with Crippen LogP contribution in [0.2, 0.25) is 0 Å². The molecule has 0 bridgehead atoms. The summed E-state index contributed by atoms with van der Waals surface area (Å²) in [5.74, 6) is -0.0703. The number of nitrogens with two attached hydrogens (primary N) is 1. The van der Waals surface area contributed by atoms with E-state index >= 15 is 0 Å². The van der Waals surface area contributed by atoms with E-state index in [1.165, 1.54) is 0 Å². The Morgan fingerprint density at radius 1 is 1.45 bits per heavy atom. The van der Waals surface area contributed by atoms with Gasteiger partial charge in [-0.15, -0.1) is 0 Å². The van der Waals surface area contributed by atoms with Gasteiger partial charge in [-0.3, -0.25) is 4.68 Å². The predicted octanol–water partition coefficient (Wildman–Crippen LogP) is 1.76. The van der Waals surface area contributed by atoms with Crippen LogP contribution >= 0.6 is 0 Å². The summed E-state index contributed by atoms with van der Waals surface area (Å²) in [4.78, 5) is 12.1. The van der Waals surface area contributed by atoms with Crippen molar-refractivity contribution in [3.8, 4) is 5.75 Å². The summed E-state index contributed by atoms with van der Waals surface area (Å²) in [6.07, 6.45) is 3.43. The van der Waals surface area contributed by atoms with Gasteiger partial charge in [0.2, 0.25) is 0 Å². The van der Waals surface area contributed by atoms with Crippen LogP contribution in [0, 0.1) is 0 Å². The Hall–Kier alpha value is -2.50. The number of carbonyl (C=O) groups is 1. The molecular weight excluding hydrogens is 258 g/mol. The maximum atomic E-state index is 12.1. The van der Waals surface area contributed by atoms with Gasteiger partial charge in [-0.2, -0.15) is 5.10 Å². The van der Waals surface area contributed by atoms with E-state index in [0.717, 1.165) is 5.56 Å². The number of rotatable bonds is 5. The molecule has 0 aliphatic carbocycles. The molecule has 0 atom stereocenters. The molecule has 0 radical (unpaired) electrons. The SMILES string of the molecule is CCOc1cccc(N)c1C(=O)OCc1cnn(C)c1. The van der Waals surface area contributed by atoms with Crippen LogP contribution in [0.1, 0.15) is 22.8 Å². The van der Waals surface area contributed by atoms with E-state index in [2.05, 4.69) is 5.10 Å². The van der Waals surface area contributed by atoms with Crippen molar-refractivity contribution in [2.24, 2.45) is 7.05 Å². The fraction of sp³-hybridized carbons (Fsp3) is 0.286. The van der Waals surface area contributed by atoms with Gasteiger partial charge in [0.15, 0.2) is 0 Å². The molecule has 1 heterocycles. The van der Waals surface area contributed by atoms with Gasteiger partial charge < -0.3 is 15.2 Å². The van der Waals surface area contributed by atoms with Crippen LogP contribution in [0.15, 0.2) is 30.6 Å². The molecule has 0 amide bonds. The van der Waals surface area contributed by atoms with Crippen molar-refractivity contribution >= 4 is 11.7 Å². The molecule has 0 spiro atoms. The van der Waals surface area contributed by atoms with Crippen LogP contribution in [0.5, 0.6) is 5.75 Å². The molecule has 1 aromatic heterocycles. The van der Waals surface area contributed by atoms with Gasteiger partial charge in [-0.05, 0) is 19.1 Å². The lowest BCUT2D eigenvalue weighted by Crippen LogP contribution is -2.11. The van der Waals surface area contributed by atoms with E-state index in [1.54, 1.807) is 42.3 Å². The molecule has 2 rings (SSSR count). The molecule has 2 aromatic rings. The summed E-state index contributed by atoms with van der Waals surface area (Å²) in [6.45, 7) is 2.44. The van der Waals surface area contributed by atoms with Crippen LogP contribution < -0.4 is 10.5 Å². The molecule has 6 nitrogen and oxygen atoms in total. The van der Waals surface area contributed by atoms with E-state index in [-0.39, 0.29) is 12.2 Å². The number of aromatic nitrogens is 2. The Morgan fingerprint density at radius 3 is 2.90 bits per heavy atom. The molecular formula is C14H17N3O3. The zero-order chi connectivity index (χ0) is 14.5. The third-order valence-corrected chi connectivity index (χ3v) is 2.69. The van der Waals surface area contributed by atoms with Gasteiger partial charge in [0.1, 0.15) is 17.9 Å². The number of anilines is 1. The Kier molecular flexibility index (Phi) is 4.24. The largest absolute Gasteiger partial charge is 0.493 e. The van der Waals surface area contributed by atoms with Crippen molar-refractivity contribution in [3.05, 3.63) is 41.7 Å². The highest BCUT2D eigenvalue weighted by atomic mass is 16.5. The monoisotopic (exact) mass is 275 g/mol. The van der Waals surface area contributed by atoms with E-state index in [9.17, 15) is 4.79 Å². The highest BCUT2D eigenvalue weighted by Crippen LogP contribution is 2.25. The van der Waals surface area contributed by atoms with E-state index < -0.39 is 5.97 Å². The lowest BCUT2D eigenvalue weighted by molar-refractivity contribution is 0.0469. The highest BCUT2D eigenvalue weighted by Gasteiger charge is 2.17. The normalized spacial score (nSPS) is 10.3. The molecule has 0 saturated carbocycles. The Labute approximate surface area is 117 Å². The minimum absolute atomic E-state index is 0.145. The van der Waals surface area contributed by atoms with Gasteiger partial charge >= 0.3 is 5.97 Å². The second kappa shape index (κ2) is 6.10. The molecule has 0 fully saturated rings. The number of hydrogen-bond donors (Lipinski definition) is 1. The molecule has 1 aromatic carbocycles. The summed E-state index contributed by atoms with van der Waals surface area (Å²) in [5.41, 5.74) is 7.24. The van der Waals surface area contributed by atoms with Crippen LogP contribution in [-0.4, -0.2) is 22.4 Å². The van der Waals surface area contributed by atoms with Crippen molar-refractivity contribution in [2.45, 2.75) is 13.5 Å². The minimum Gasteiger partial charge on any atom is -0.493 e. The second-order valence-electron chi connectivity index (χ2n) is 4.25. The third kappa shape index (κ3) is 3.09. The number of aryl methyl sites for hydroxylation is 1. The number of esters is 1. The Morgan fingerprint density at radius 2 is 2.25 bits per heavy atom. The van der Waals surface area contributed by atoms with Gasteiger partial charge in [0.05, 0.1) is 12.8 Å². The number of carbonyl (C=O) groups excluding carboxylic acids is 1. The molecule has 0 aliphatic heterocycles. The molecule has 20 heavy (non-hydrogen) atoms. The summed E-state index contributed by atoms with van der Waals surface area (Å²) < 4.78 is 12.3. The van der Waals surface area contributed by atoms with Crippen LogP contribution in [-0.2, 0) is 18.4 Å². The highest BCUT2D eigenvalue weighted by molar-refractivity contribution is 5.98. The van der Waals surface area contributed by atoms with Crippen molar-refractivity contribution in [1.29, 1.82) is 0 Å². The fourth-order valence-electron chi connectivity index (χ4n) is 1.81. The zero-order valence-electron chi connectivity index (χ0n) is 11.5. The van der Waals surface area contributed by atoms with Crippen LogP contribution in [0.4, 0.5) is 5.69 Å². The first-order valence-electron chi connectivity index (χ1n) is 6.27. The summed E-state index contributed by atoms with van der Waals surface area (Å²) >= 11 is 0. The zero-order valence-corrected chi connectivity index (χ0v) is 11.5. The minimum atomic E-state index is -0.504. The maximum absolute atomic E-state index is 12.1. The van der Waals surface area contributed by atoms with Crippen molar-refractivity contribution in [3.63, 3.8) is 0 Å². The number of hydrogen-bond acceptors (Lipinski definition) is 5. The van der Waals surface area contributed by atoms with E-state index in [4.69, 9.17) is 15.2 Å². The molecule has 6 heteroatoms. The Balaban J connectivity index is 2.12. The average Bonchev–Trinajstić information content (AvgIpc) is 2.82. The lowest BCUT2D eigenvalue weighted by atomic mass is 10.1. The topological polar surface area (TPSA) is 79.4 Å².